The molecular weight excluding hydrogens is 232 g/mol. The standard InChI is InChI=1S/C10H7ClN2OS/c1-6-9(5-14)13-10(15-6)7-2-8(11)4-12-3-7/h2-5H,1H3. The monoisotopic (exact) mass is 238 g/mol. The van der Waals surface area contributed by atoms with Gasteiger partial charge in [-0.3, -0.25) is 9.78 Å². The molecule has 0 aromatic carbocycles. The Bertz CT molecular complexity index is 510. The van der Waals surface area contributed by atoms with Gasteiger partial charge in [-0.05, 0) is 13.0 Å². The summed E-state index contributed by atoms with van der Waals surface area (Å²) in [5.41, 5.74) is 1.32. The number of thiazole rings is 1. The molecule has 0 radical (unpaired) electrons. The predicted molar refractivity (Wildman–Crippen MR) is 60.5 cm³/mol. The number of carbonyl (C=O) groups is 1. The van der Waals surface area contributed by atoms with Crippen LogP contribution in [0.25, 0.3) is 10.6 Å². The zero-order valence-corrected chi connectivity index (χ0v) is 9.47. The van der Waals surface area contributed by atoms with E-state index >= 15 is 0 Å². The molecule has 3 nitrogen and oxygen atoms in total. The van der Waals surface area contributed by atoms with Crippen LogP contribution in [0, 0.1) is 6.92 Å². The first-order valence-electron chi connectivity index (χ1n) is 4.24. The van der Waals surface area contributed by atoms with Crippen LogP contribution in [0.15, 0.2) is 18.5 Å². The summed E-state index contributed by atoms with van der Waals surface area (Å²) in [7, 11) is 0. The van der Waals surface area contributed by atoms with Crippen LogP contribution in [0.2, 0.25) is 5.02 Å². The van der Waals surface area contributed by atoms with Crippen LogP contribution in [0.1, 0.15) is 15.4 Å². The molecule has 0 fully saturated rings. The van der Waals surface area contributed by atoms with Crippen molar-refractivity contribution in [3.8, 4) is 10.6 Å². The lowest BCUT2D eigenvalue weighted by Gasteiger charge is -1.94. The van der Waals surface area contributed by atoms with Crippen molar-refractivity contribution in [1.82, 2.24) is 9.97 Å². The van der Waals surface area contributed by atoms with E-state index in [4.69, 9.17) is 11.6 Å². The Kier molecular flexibility index (Phi) is 2.79. The second kappa shape index (κ2) is 4.08. The minimum Gasteiger partial charge on any atom is -0.296 e. The summed E-state index contributed by atoms with van der Waals surface area (Å²) in [5, 5.41) is 1.33. The molecule has 76 valence electrons. The topological polar surface area (TPSA) is 42.9 Å². The van der Waals surface area contributed by atoms with E-state index in [2.05, 4.69) is 9.97 Å². The van der Waals surface area contributed by atoms with Gasteiger partial charge in [-0.1, -0.05) is 11.6 Å². The van der Waals surface area contributed by atoms with Crippen molar-refractivity contribution in [3.63, 3.8) is 0 Å². The number of aryl methyl sites for hydroxylation is 1. The van der Waals surface area contributed by atoms with Crippen LogP contribution >= 0.6 is 22.9 Å². The number of hydrogen-bond acceptors (Lipinski definition) is 4. The largest absolute Gasteiger partial charge is 0.296 e. The third kappa shape index (κ3) is 2.06. The number of pyridine rings is 1. The van der Waals surface area contributed by atoms with Crippen molar-refractivity contribution in [2.24, 2.45) is 0 Å². The van der Waals surface area contributed by atoms with Crippen LogP contribution in [-0.2, 0) is 0 Å². The van der Waals surface area contributed by atoms with E-state index in [1.807, 2.05) is 6.92 Å². The lowest BCUT2D eigenvalue weighted by Crippen LogP contribution is -1.83. The number of aromatic nitrogens is 2. The molecule has 0 unspecified atom stereocenters. The molecule has 2 heterocycles. The Labute approximate surface area is 95.8 Å². The summed E-state index contributed by atoms with van der Waals surface area (Å²) >= 11 is 7.28. The number of aldehydes is 1. The maximum atomic E-state index is 10.6. The minimum absolute atomic E-state index is 0.481. The molecule has 2 aromatic rings. The van der Waals surface area contributed by atoms with Crippen LogP contribution in [0.4, 0.5) is 0 Å². The lowest BCUT2D eigenvalue weighted by molar-refractivity contribution is 0.111. The van der Waals surface area contributed by atoms with Crippen LogP contribution < -0.4 is 0 Å². The SMILES string of the molecule is Cc1sc(-c2cncc(Cl)c2)nc1C=O. The van der Waals surface area contributed by atoms with Gasteiger partial charge in [0.05, 0.1) is 5.02 Å². The molecule has 15 heavy (non-hydrogen) atoms. The average Bonchev–Trinajstić information content (AvgIpc) is 2.60. The van der Waals surface area contributed by atoms with E-state index in [-0.39, 0.29) is 0 Å². The minimum atomic E-state index is 0.481. The first kappa shape index (κ1) is 10.3. The fraction of sp³-hybridized carbons (Fsp3) is 0.100. The fourth-order valence-electron chi connectivity index (χ4n) is 1.17. The second-order valence-electron chi connectivity index (χ2n) is 2.97. The smallest absolute Gasteiger partial charge is 0.169 e. The van der Waals surface area contributed by atoms with Crippen LogP contribution in [0.3, 0.4) is 0 Å². The maximum absolute atomic E-state index is 10.6. The van der Waals surface area contributed by atoms with Crippen molar-refractivity contribution in [1.29, 1.82) is 0 Å². The van der Waals surface area contributed by atoms with Crippen molar-refractivity contribution >= 4 is 29.2 Å². The van der Waals surface area contributed by atoms with E-state index in [0.717, 1.165) is 21.7 Å². The van der Waals surface area contributed by atoms with Gasteiger partial charge in [0.15, 0.2) is 6.29 Å². The highest BCUT2D eigenvalue weighted by molar-refractivity contribution is 7.15. The number of hydrogen-bond donors (Lipinski definition) is 0. The molecule has 0 aliphatic rings. The summed E-state index contributed by atoms with van der Waals surface area (Å²) in [5.74, 6) is 0. The van der Waals surface area contributed by atoms with Gasteiger partial charge in [0.25, 0.3) is 0 Å². The van der Waals surface area contributed by atoms with Gasteiger partial charge in [0.1, 0.15) is 10.7 Å². The Balaban J connectivity index is 2.49. The van der Waals surface area contributed by atoms with E-state index in [9.17, 15) is 4.79 Å². The van der Waals surface area contributed by atoms with E-state index < -0.39 is 0 Å². The first-order chi connectivity index (χ1) is 7.20. The van der Waals surface area contributed by atoms with Gasteiger partial charge in [-0.2, -0.15) is 0 Å². The third-order valence-corrected chi connectivity index (χ3v) is 3.14. The normalized spacial score (nSPS) is 10.3. The molecule has 2 rings (SSSR count). The zero-order valence-electron chi connectivity index (χ0n) is 7.90. The maximum Gasteiger partial charge on any atom is 0.169 e. The van der Waals surface area contributed by atoms with Gasteiger partial charge in [-0.25, -0.2) is 4.98 Å². The molecule has 0 amide bonds. The third-order valence-electron chi connectivity index (χ3n) is 1.90. The van der Waals surface area contributed by atoms with Gasteiger partial charge in [0.2, 0.25) is 0 Å². The molecule has 0 saturated carbocycles. The van der Waals surface area contributed by atoms with Gasteiger partial charge >= 0.3 is 0 Å². The van der Waals surface area contributed by atoms with Crippen molar-refractivity contribution in [2.75, 3.05) is 0 Å². The van der Waals surface area contributed by atoms with Crippen molar-refractivity contribution in [2.45, 2.75) is 6.92 Å². The molecule has 0 N–H and O–H groups in total. The number of halogens is 1. The Morgan fingerprint density at radius 2 is 2.27 bits per heavy atom. The van der Waals surface area contributed by atoms with Gasteiger partial charge in [-0.15, -0.1) is 11.3 Å². The lowest BCUT2D eigenvalue weighted by atomic mass is 10.3. The second-order valence-corrected chi connectivity index (χ2v) is 4.61. The summed E-state index contributed by atoms with van der Waals surface area (Å²) in [4.78, 5) is 19.7. The number of carbonyl (C=O) groups excluding carboxylic acids is 1. The fourth-order valence-corrected chi connectivity index (χ4v) is 2.21. The molecule has 2 aromatic heterocycles. The Hall–Kier alpha value is -1.26. The van der Waals surface area contributed by atoms with E-state index in [1.54, 1.807) is 18.5 Å². The van der Waals surface area contributed by atoms with Crippen molar-refractivity contribution < 1.29 is 4.79 Å². The zero-order chi connectivity index (χ0) is 10.8. The highest BCUT2D eigenvalue weighted by Crippen LogP contribution is 2.27. The first-order valence-corrected chi connectivity index (χ1v) is 5.43. The molecule has 0 spiro atoms. The molecule has 0 atom stereocenters. The highest BCUT2D eigenvalue weighted by Gasteiger charge is 2.08. The average molecular weight is 239 g/mol. The Morgan fingerprint density at radius 3 is 2.87 bits per heavy atom. The number of nitrogens with zero attached hydrogens (tertiary/aromatic N) is 2. The summed E-state index contributed by atoms with van der Waals surface area (Å²) in [6.07, 6.45) is 4.00. The molecular formula is C10H7ClN2OS. The van der Waals surface area contributed by atoms with Crippen LogP contribution in [-0.4, -0.2) is 16.3 Å². The summed E-state index contributed by atoms with van der Waals surface area (Å²) in [6.45, 7) is 1.86. The summed E-state index contributed by atoms with van der Waals surface area (Å²) < 4.78 is 0. The van der Waals surface area contributed by atoms with E-state index in [1.165, 1.54) is 11.3 Å². The van der Waals surface area contributed by atoms with Gasteiger partial charge in [0, 0.05) is 22.8 Å². The Morgan fingerprint density at radius 1 is 1.47 bits per heavy atom. The quantitative estimate of drug-likeness (QED) is 0.756. The predicted octanol–water partition coefficient (Wildman–Crippen LogP) is 2.98. The van der Waals surface area contributed by atoms with Crippen molar-refractivity contribution in [3.05, 3.63) is 34.1 Å². The number of rotatable bonds is 2. The molecule has 0 aliphatic heterocycles. The summed E-state index contributed by atoms with van der Waals surface area (Å²) in [6, 6.07) is 1.78. The highest BCUT2D eigenvalue weighted by atomic mass is 35.5. The van der Waals surface area contributed by atoms with Crippen LogP contribution in [0.5, 0.6) is 0 Å². The van der Waals surface area contributed by atoms with Gasteiger partial charge < -0.3 is 0 Å². The molecule has 0 saturated heterocycles. The molecule has 0 aliphatic carbocycles. The van der Waals surface area contributed by atoms with E-state index in [0.29, 0.717) is 10.7 Å². The molecule has 5 heteroatoms. The molecule has 0 bridgehead atoms.